The van der Waals surface area contributed by atoms with Gasteiger partial charge in [0.2, 0.25) is 0 Å². The number of carbonyl (C=O) groups excluding carboxylic acids is 3. The Labute approximate surface area is 450 Å². The topological polar surface area (TPSA) is 78.9 Å². The third-order valence-electron chi connectivity index (χ3n) is 15.0. The number of rotatable bonds is 61. The van der Waals surface area contributed by atoms with Crippen LogP contribution in [-0.2, 0) is 28.6 Å². The molecule has 0 aliphatic rings. The Balaban J connectivity index is 4.13. The van der Waals surface area contributed by atoms with E-state index in [1.165, 1.54) is 276 Å². The maximum atomic E-state index is 12.9. The lowest BCUT2D eigenvalue weighted by atomic mass is 10.0. The predicted molar refractivity (Wildman–Crippen MR) is 312 cm³/mol. The molecule has 426 valence electrons. The Bertz CT molecular complexity index is 1120. The van der Waals surface area contributed by atoms with Crippen molar-refractivity contribution in [3.05, 3.63) is 12.2 Å². The maximum absolute atomic E-state index is 12.9. The van der Waals surface area contributed by atoms with Gasteiger partial charge in [-0.3, -0.25) is 14.4 Å². The summed E-state index contributed by atoms with van der Waals surface area (Å²) in [5.74, 6) is -0.837. The number of unbranched alkanes of at least 4 members (excludes halogenated alkanes) is 48. The average Bonchev–Trinajstić information content (AvgIpc) is 3.38. The Morgan fingerprint density at radius 3 is 0.694 bits per heavy atom. The molecule has 0 saturated carbocycles. The Morgan fingerprint density at radius 2 is 0.458 bits per heavy atom. The summed E-state index contributed by atoms with van der Waals surface area (Å²) in [5, 5.41) is 0. The molecule has 0 heterocycles. The third kappa shape index (κ3) is 59.0. The highest BCUT2D eigenvalue weighted by Crippen LogP contribution is 2.18. The van der Waals surface area contributed by atoms with Crippen molar-refractivity contribution in [2.24, 2.45) is 0 Å². The van der Waals surface area contributed by atoms with Gasteiger partial charge < -0.3 is 14.2 Å². The first-order valence-electron chi connectivity index (χ1n) is 32.7. The first-order chi connectivity index (χ1) is 35.5. The van der Waals surface area contributed by atoms with Crippen LogP contribution in [0.5, 0.6) is 0 Å². The number of allylic oxidation sites excluding steroid dienone is 2. The van der Waals surface area contributed by atoms with Crippen LogP contribution in [0.15, 0.2) is 12.2 Å². The maximum Gasteiger partial charge on any atom is 0.306 e. The van der Waals surface area contributed by atoms with Crippen molar-refractivity contribution in [1.29, 1.82) is 0 Å². The largest absolute Gasteiger partial charge is 0.462 e. The van der Waals surface area contributed by atoms with E-state index in [-0.39, 0.29) is 31.1 Å². The standard InChI is InChI=1S/C66H126O6/c1-4-7-10-13-16-19-21-23-25-27-29-31-32-33-34-35-37-38-40-42-44-47-50-53-56-59-65(68)71-62-63(61-70-64(67)58-55-52-49-46-18-15-12-9-6-3)72-66(69)60-57-54-51-48-45-43-41-39-36-30-28-26-24-22-20-17-14-11-8-5-2/h27,29,63H,4-26,28,30-62H2,1-3H3/b29-27-. The van der Waals surface area contributed by atoms with Gasteiger partial charge in [-0.15, -0.1) is 0 Å². The zero-order valence-corrected chi connectivity index (χ0v) is 49.0. The van der Waals surface area contributed by atoms with E-state index in [9.17, 15) is 14.4 Å². The van der Waals surface area contributed by atoms with Crippen LogP contribution in [0, 0.1) is 0 Å². The van der Waals surface area contributed by atoms with E-state index in [4.69, 9.17) is 14.2 Å². The number of hydrogen-bond donors (Lipinski definition) is 0. The molecule has 1 unspecified atom stereocenters. The van der Waals surface area contributed by atoms with Gasteiger partial charge in [0.15, 0.2) is 6.10 Å². The second kappa shape index (κ2) is 61.7. The van der Waals surface area contributed by atoms with Crippen LogP contribution in [0.25, 0.3) is 0 Å². The SMILES string of the molecule is CCCCCCCCCC/C=C\CCCCCCCCCCCCCCCC(=O)OCC(COC(=O)CCCCCCCCCCC)OC(=O)CCCCCCCCCCCCCCCCCCCCCC. The van der Waals surface area contributed by atoms with Gasteiger partial charge in [0.1, 0.15) is 13.2 Å². The first-order valence-corrected chi connectivity index (χ1v) is 32.7. The molecular weight excluding hydrogens is 889 g/mol. The molecule has 0 aromatic rings. The van der Waals surface area contributed by atoms with Gasteiger partial charge >= 0.3 is 17.9 Å². The molecule has 0 bridgehead atoms. The molecule has 0 N–H and O–H groups in total. The number of carbonyl (C=O) groups is 3. The van der Waals surface area contributed by atoms with Crippen LogP contribution >= 0.6 is 0 Å². The molecule has 0 rings (SSSR count). The van der Waals surface area contributed by atoms with E-state index in [0.29, 0.717) is 19.3 Å². The minimum Gasteiger partial charge on any atom is -0.462 e. The molecule has 72 heavy (non-hydrogen) atoms. The molecular formula is C66H126O6. The summed E-state index contributed by atoms with van der Waals surface area (Å²) in [6.07, 6.45) is 72.4. The normalized spacial score (nSPS) is 12.0. The smallest absolute Gasteiger partial charge is 0.306 e. The summed E-state index contributed by atoms with van der Waals surface area (Å²) in [5.41, 5.74) is 0. The molecule has 0 aliphatic heterocycles. The lowest BCUT2D eigenvalue weighted by molar-refractivity contribution is -0.167. The fraction of sp³-hybridized carbons (Fsp3) is 0.924. The second-order valence-electron chi connectivity index (χ2n) is 22.4. The molecule has 6 nitrogen and oxygen atoms in total. The summed E-state index contributed by atoms with van der Waals surface area (Å²) in [4.78, 5) is 38.2. The van der Waals surface area contributed by atoms with Crippen LogP contribution in [0.2, 0.25) is 0 Å². The fourth-order valence-electron chi connectivity index (χ4n) is 10.1. The van der Waals surface area contributed by atoms with E-state index < -0.39 is 6.10 Å². The zero-order valence-electron chi connectivity index (χ0n) is 49.0. The number of esters is 3. The monoisotopic (exact) mass is 1010 g/mol. The molecule has 0 aromatic heterocycles. The van der Waals surface area contributed by atoms with E-state index in [0.717, 1.165) is 57.8 Å². The van der Waals surface area contributed by atoms with E-state index >= 15 is 0 Å². The molecule has 0 amide bonds. The van der Waals surface area contributed by atoms with Gasteiger partial charge in [0.25, 0.3) is 0 Å². The van der Waals surface area contributed by atoms with Crippen molar-refractivity contribution in [3.63, 3.8) is 0 Å². The van der Waals surface area contributed by atoms with Gasteiger partial charge in [-0.05, 0) is 44.9 Å². The van der Waals surface area contributed by atoms with E-state index in [1.54, 1.807) is 0 Å². The van der Waals surface area contributed by atoms with Crippen LogP contribution in [0.1, 0.15) is 374 Å². The third-order valence-corrected chi connectivity index (χ3v) is 15.0. The molecule has 0 fully saturated rings. The fourth-order valence-corrected chi connectivity index (χ4v) is 10.1. The number of ether oxygens (including phenoxy) is 3. The van der Waals surface area contributed by atoms with Gasteiger partial charge in [-0.1, -0.05) is 322 Å². The van der Waals surface area contributed by atoms with E-state index in [1.807, 2.05) is 0 Å². The summed E-state index contributed by atoms with van der Waals surface area (Å²) in [7, 11) is 0. The van der Waals surface area contributed by atoms with Crippen LogP contribution in [0.3, 0.4) is 0 Å². The lowest BCUT2D eigenvalue weighted by Crippen LogP contribution is -2.30. The van der Waals surface area contributed by atoms with Crippen molar-refractivity contribution in [2.45, 2.75) is 380 Å². The van der Waals surface area contributed by atoms with Crippen molar-refractivity contribution < 1.29 is 28.6 Å². The molecule has 0 aromatic carbocycles. The van der Waals surface area contributed by atoms with E-state index in [2.05, 4.69) is 32.9 Å². The Kier molecular flexibility index (Phi) is 60.1. The van der Waals surface area contributed by atoms with Gasteiger partial charge in [0.05, 0.1) is 0 Å². The number of hydrogen-bond acceptors (Lipinski definition) is 6. The van der Waals surface area contributed by atoms with Crippen LogP contribution in [-0.4, -0.2) is 37.2 Å². The lowest BCUT2D eigenvalue weighted by Gasteiger charge is -2.18. The highest BCUT2D eigenvalue weighted by Gasteiger charge is 2.19. The molecule has 0 radical (unpaired) electrons. The summed E-state index contributed by atoms with van der Waals surface area (Å²) >= 11 is 0. The van der Waals surface area contributed by atoms with Crippen LogP contribution < -0.4 is 0 Å². The van der Waals surface area contributed by atoms with Crippen molar-refractivity contribution in [1.82, 2.24) is 0 Å². The summed E-state index contributed by atoms with van der Waals surface area (Å²) in [6.45, 7) is 6.69. The van der Waals surface area contributed by atoms with Gasteiger partial charge in [0, 0.05) is 19.3 Å². The van der Waals surface area contributed by atoms with Crippen molar-refractivity contribution in [3.8, 4) is 0 Å². The van der Waals surface area contributed by atoms with Gasteiger partial charge in [-0.2, -0.15) is 0 Å². The quantitative estimate of drug-likeness (QED) is 0.0261. The second-order valence-corrected chi connectivity index (χ2v) is 22.4. The highest BCUT2D eigenvalue weighted by atomic mass is 16.6. The molecule has 6 heteroatoms. The summed E-state index contributed by atoms with van der Waals surface area (Å²) in [6, 6.07) is 0. The average molecular weight is 1020 g/mol. The van der Waals surface area contributed by atoms with Crippen LogP contribution in [0.4, 0.5) is 0 Å². The van der Waals surface area contributed by atoms with Crippen molar-refractivity contribution >= 4 is 17.9 Å². The minimum absolute atomic E-state index is 0.0636. The molecule has 0 aliphatic carbocycles. The highest BCUT2D eigenvalue weighted by molar-refractivity contribution is 5.71. The minimum atomic E-state index is -0.764. The summed E-state index contributed by atoms with van der Waals surface area (Å²) < 4.78 is 16.9. The van der Waals surface area contributed by atoms with Crippen molar-refractivity contribution in [2.75, 3.05) is 13.2 Å². The molecule has 0 saturated heterocycles. The molecule has 0 spiro atoms. The Morgan fingerprint density at radius 1 is 0.264 bits per heavy atom. The Hall–Kier alpha value is -1.85. The first kappa shape index (κ1) is 70.1. The van der Waals surface area contributed by atoms with Gasteiger partial charge in [-0.25, -0.2) is 0 Å². The zero-order chi connectivity index (χ0) is 52.2. The predicted octanol–water partition coefficient (Wildman–Crippen LogP) is 22.1. The molecule has 1 atom stereocenters.